The van der Waals surface area contributed by atoms with Crippen LogP contribution in [-0.2, 0) is 19.9 Å². The minimum atomic E-state index is -1.94. The topological polar surface area (TPSA) is 63.6 Å². The number of aliphatic hydroxyl groups is 1. The molecular formula is C26H28O4. The second kappa shape index (κ2) is 7.35. The molecule has 0 spiro atoms. The van der Waals surface area contributed by atoms with Crippen LogP contribution < -0.4 is 0 Å². The fourth-order valence-electron chi connectivity index (χ4n) is 6.60. The van der Waals surface area contributed by atoms with Crippen molar-refractivity contribution in [1.29, 1.82) is 0 Å². The fourth-order valence-corrected chi connectivity index (χ4v) is 6.60. The lowest BCUT2D eigenvalue weighted by Crippen LogP contribution is -2.51. The van der Waals surface area contributed by atoms with E-state index >= 15 is 0 Å². The average Bonchev–Trinajstić information content (AvgIpc) is 2.77. The molecule has 4 bridgehead atoms. The molecule has 1 N–H and O–H groups in total. The molecule has 2 aromatic carbocycles. The van der Waals surface area contributed by atoms with Gasteiger partial charge >= 0.3 is 5.97 Å². The number of carbonyl (C=O) groups is 2. The molecule has 4 saturated carbocycles. The Balaban J connectivity index is 1.36. The Bertz CT molecular complexity index is 859. The van der Waals surface area contributed by atoms with E-state index in [1.807, 2.05) is 12.1 Å². The van der Waals surface area contributed by atoms with Gasteiger partial charge in [-0.25, -0.2) is 4.79 Å². The molecule has 4 nitrogen and oxygen atoms in total. The van der Waals surface area contributed by atoms with Crippen molar-refractivity contribution < 1.29 is 19.4 Å². The number of benzene rings is 2. The van der Waals surface area contributed by atoms with Crippen LogP contribution in [0, 0.1) is 23.2 Å². The van der Waals surface area contributed by atoms with Crippen molar-refractivity contribution in [1.82, 2.24) is 0 Å². The zero-order valence-electron chi connectivity index (χ0n) is 17.1. The number of ether oxygens (including phenoxy) is 1. The van der Waals surface area contributed by atoms with E-state index in [4.69, 9.17) is 4.74 Å². The van der Waals surface area contributed by atoms with Crippen LogP contribution in [-0.4, -0.2) is 23.5 Å². The number of carbonyl (C=O) groups excluding carboxylic acids is 2. The first-order chi connectivity index (χ1) is 14.5. The van der Waals surface area contributed by atoms with Crippen LogP contribution in [0.15, 0.2) is 60.7 Å². The number of esters is 1. The first-order valence-corrected chi connectivity index (χ1v) is 11.0. The third kappa shape index (κ3) is 3.18. The van der Waals surface area contributed by atoms with Gasteiger partial charge in [-0.2, -0.15) is 0 Å². The molecule has 0 heterocycles. The molecule has 4 aliphatic rings. The van der Waals surface area contributed by atoms with Crippen LogP contribution in [0.3, 0.4) is 0 Å². The lowest BCUT2D eigenvalue weighted by atomic mass is 9.48. The van der Waals surface area contributed by atoms with Crippen molar-refractivity contribution in [2.45, 2.75) is 44.1 Å². The quantitative estimate of drug-likeness (QED) is 0.731. The maximum Gasteiger partial charge on any atom is 0.348 e. The predicted octanol–water partition coefficient (Wildman–Crippen LogP) is 4.25. The monoisotopic (exact) mass is 404 g/mol. The lowest BCUT2D eigenvalue weighted by Gasteiger charge is -2.55. The van der Waals surface area contributed by atoms with Gasteiger partial charge in [-0.3, -0.25) is 4.79 Å². The van der Waals surface area contributed by atoms with Gasteiger partial charge in [0, 0.05) is 5.41 Å². The minimum absolute atomic E-state index is 0.0402. The van der Waals surface area contributed by atoms with Crippen molar-refractivity contribution in [3.05, 3.63) is 71.8 Å². The van der Waals surface area contributed by atoms with E-state index in [2.05, 4.69) is 0 Å². The van der Waals surface area contributed by atoms with Crippen LogP contribution in [0.2, 0.25) is 0 Å². The molecule has 0 atom stereocenters. The Morgan fingerprint density at radius 1 is 0.833 bits per heavy atom. The Morgan fingerprint density at radius 3 is 1.70 bits per heavy atom. The second-order valence-corrected chi connectivity index (χ2v) is 9.64. The van der Waals surface area contributed by atoms with Crippen molar-refractivity contribution in [3.63, 3.8) is 0 Å². The van der Waals surface area contributed by atoms with Crippen LogP contribution in [0.1, 0.15) is 49.7 Å². The minimum Gasteiger partial charge on any atom is -0.455 e. The predicted molar refractivity (Wildman–Crippen MR) is 112 cm³/mol. The number of ketones is 1. The maximum absolute atomic E-state index is 13.2. The molecule has 2 aromatic rings. The third-order valence-electron chi connectivity index (χ3n) is 7.64. The largest absolute Gasteiger partial charge is 0.455 e. The van der Waals surface area contributed by atoms with Crippen molar-refractivity contribution >= 4 is 11.8 Å². The average molecular weight is 405 g/mol. The molecule has 4 fully saturated rings. The molecule has 30 heavy (non-hydrogen) atoms. The Kier molecular flexibility index (Phi) is 4.78. The van der Waals surface area contributed by atoms with Crippen LogP contribution in [0.5, 0.6) is 0 Å². The van der Waals surface area contributed by atoms with Gasteiger partial charge in [0.15, 0.2) is 12.4 Å². The third-order valence-corrected chi connectivity index (χ3v) is 7.64. The summed E-state index contributed by atoms with van der Waals surface area (Å²) in [4.78, 5) is 26.4. The van der Waals surface area contributed by atoms with Gasteiger partial charge in [0.05, 0.1) is 0 Å². The van der Waals surface area contributed by atoms with Gasteiger partial charge in [0.1, 0.15) is 0 Å². The number of rotatable bonds is 6. The highest BCUT2D eigenvalue weighted by Crippen LogP contribution is 2.60. The summed E-state index contributed by atoms with van der Waals surface area (Å²) in [6, 6.07) is 17.6. The van der Waals surface area contributed by atoms with Gasteiger partial charge in [-0.15, -0.1) is 0 Å². The summed E-state index contributed by atoms with van der Waals surface area (Å²) in [5, 5.41) is 11.5. The SMILES string of the molecule is O=C(COC(=O)C(O)(c1ccccc1)c1ccccc1)C12CC3CC(CC(C3)C1)C2. The molecule has 0 saturated heterocycles. The Morgan fingerprint density at radius 2 is 1.27 bits per heavy atom. The molecule has 4 heteroatoms. The van der Waals surface area contributed by atoms with Gasteiger partial charge in [0.2, 0.25) is 5.60 Å². The summed E-state index contributed by atoms with van der Waals surface area (Å²) in [5.41, 5.74) is -1.39. The Labute approximate surface area is 177 Å². The van der Waals surface area contributed by atoms with E-state index in [0.29, 0.717) is 28.9 Å². The summed E-state index contributed by atoms with van der Waals surface area (Å²) in [5.74, 6) is 1.21. The van der Waals surface area contributed by atoms with E-state index in [0.717, 1.165) is 19.3 Å². The van der Waals surface area contributed by atoms with Crippen LogP contribution in [0.25, 0.3) is 0 Å². The molecule has 4 aliphatic carbocycles. The first kappa shape index (κ1) is 19.5. The second-order valence-electron chi connectivity index (χ2n) is 9.64. The number of Topliss-reactive ketones (excluding diaryl/α,β-unsaturated/α-hetero) is 1. The van der Waals surface area contributed by atoms with E-state index < -0.39 is 11.6 Å². The molecule has 0 unspecified atom stereocenters. The summed E-state index contributed by atoms with van der Waals surface area (Å²) in [6.07, 6.45) is 6.60. The first-order valence-electron chi connectivity index (χ1n) is 11.0. The van der Waals surface area contributed by atoms with E-state index in [1.54, 1.807) is 48.5 Å². The molecule has 0 aromatic heterocycles. The van der Waals surface area contributed by atoms with Crippen molar-refractivity contribution in [2.75, 3.05) is 6.61 Å². The normalized spacial score (nSPS) is 29.6. The zero-order valence-corrected chi connectivity index (χ0v) is 17.1. The molecule has 0 aliphatic heterocycles. The van der Waals surface area contributed by atoms with Crippen molar-refractivity contribution in [3.8, 4) is 0 Å². The summed E-state index contributed by atoms with van der Waals surface area (Å²) in [7, 11) is 0. The molecular weight excluding hydrogens is 376 g/mol. The number of hydrogen-bond acceptors (Lipinski definition) is 4. The summed E-state index contributed by atoms with van der Waals surface area (Å²) < 4.78 is 5.53. The molecule has 0 radical (unpaired) electrons. The van der Waals surface area contributed by atoms with Gasteiger partial charge in [-0.05, 0) is 67.4 Å². The van der Waals surface area contributed by atoms with Crippen LogP contribution in [0.4, 0.5) is 0 Å². The van der Waals surface area contributed by atoms with Gasteiger partial charge < -0.3 is 9.84 Å². The van der Waals surface area contributed by atoms with Gasteiger partial charge in [0.25, 0.3) is 0 Å². The van der Waals surface area contributed by atoms with Crippen LogP contribution >= 0.6 is 0 Å². The fraction of sp³-hybridized carbons (Fsp3) is 0.462. The smallest absolute Gasteiger partial charge is 0.348 e. The highest BCUT2D eigenvalue weighted by atomic mass is 16.6. The standard InChI is InChI=1S/C26H28O4/c27-23(25-14-18-11-19(15-25)13-20(12-18)16-25)17-30-24(28)26(29,21-7-3-1-4-8-21)22-9-5-2-6-10-22/h1-10,18-20,29H,11-17H2. The van der Waals surface area contributed by atoms with Gasteiger partial charge in [-0.1, -0.05) is 60.7 Å². The highest BCUT2D eigenvalue weighted by Gasteiger charge is 2.54. The molecule has 156 valence electrons. The highest BCUT2D eigenvalue weighted by molar-refractivity contribution is 5.91. The molecule has 0 amide bonds. The van der Waals surface area contributed by atoms with E-state index in [1.165, 1.54) is 19.3 Å². The Hall–Kier alpha value is -2.46. The maximum atomic E-state index is 13.2. The lowest BCUT2D eigenvalue weighted by molar-refractivity contribution is -0.169. The van der Waals surface area contributed by atoms with Crippen molar-refractivity contribution in [2.24, 2.45) is 23.2 Å². The van der Waals surface area contributed by atoms with E-state index in [-0.39, 0.29) is 17.8 Å². The molecule has 6 rings (SSSR count). The van der Waals surface area contributed by atoms with E-state index in [9.17, 15) is 14.7 Å². The number of hydrogen-bond donors (Lipinski definition) is 1. The summed E-state index contributed by atoms with van der Waals surface area (Å²) in [6.45, 7) is -0.257. The zero-order chi connectivity index (χ0) is 20.8. The summed E-state index contributed by atoms with van der Waals surface area (Å²) >= 11 is 0.